The van der Waals surface area contributed by atoms with Crippen molar-refractivity contribution in [3.63, 3.8) is 0 Å². The first kappa shape index (κ1) is 22.3. The zero-order valence-corrected chi connectivity index (χ0v) is 18.2. The van der Waals surface area contributed by atoms with Crippen molar-refractivity contribution in [3.05, 3.63) is 0 Å². The number of hydrogen-bond donors (Lipinski definition) is 2. The largest absolute Gasteiger partial charge is 0.381 e. The number of nitrogens with one attached hydrogen (secondary N) is 2. The Hall–Kier alpha value is 0.270. The molecular weight excluding hydrogens is 437 g/mol. The molecule has 0 spiro atoms. The Labute approximate surface area is 168 Å². The first-order chi connectivity index (χ1) is 11.3. The van der Waals surface area contributed by atoms with Crippen LogP contribution in [0.3, 0.4) is 0 Å². The summed E-state index contributed by atoms with van der Waals surface area (Å²) in [6.45, 7) is 6.32. The Balaban J connectivity index is 0.00000288. The number of halogens is 1. The lowest BCUT2D eigenvalue weighted by Crippen LogP contribution is -2.42. The van der Waals surface area contributed by atoms with Crippen LogP contribution in [0, 0.1) is 0 Å². The molecule has 0 bridgehead atoms. The lowest BCUT2D eigenvalue weighted by molar-refractivity contribution is -0.0318. The van der Waals surface area contributed by atoms with Gasteiger partial charge >= 0.3 is 0 Å². The van der Waals surface area contributed by atoms with Crippen molar-refractivity contribution >= 4 is 41.7 Å². The van der Waals surface area contributed by atoms with Crippen molar-refractivity contribution in [2.75, 3.05) is 39.2 Å². The molecule has 1 aliphatic carbocycles. The molecule has 5 nitrogen and oxygen atoms in total. The van der Waals surface area contributed by atoms with Crippen LogP contribution < -0.4 is 10.6 Å². The van der Waals surface area contributed by atoms with E-state index < -0.39 is 0 Å². The zero-order chi connectivity index (χ0) is 16.3. The summed E-state index contributed by atoms with van der Waals surface area (Å²) in [6.07, 6.45) is 9.47. The van der Waals surface area contributed by atoms with Gasteiger partial charge in [0.25, 0.3) is 0 Å². The molecule has 2 fully saturated rings. The van der Waals surface area contributed by atoms with Gasteiger partial charge in [-0.25, -0.2) is 0 Å². The summed E-state index contributed by atoms with van der Waals surface area (Å²) in [4.78, 5) is 4.69. The van der Waals surface area contributed by atoms with Crippen molar-refractivity contribution in [2.24, 2.45) is 4.99 Å². The summed E-state index contributed by atoms with van der Waals surface area (Å²) in [7, 11) is 0. The highest BCUT2D eigenvalue weighted by atomic mass is 127. The highest BCUT2D eigenvalue weighted by molar-refractivity contribution is 14.0. The monoisotopic (exact) mass is 471 g/mol. The fourth-order valence-electron chi connectivity index (χ4n) is 3.15. The Morgan fingerprint density at radius 1 is 1.25 bits per heavy atom. The molecule has 1 saturated carbocycles. The Morgan fingerprint density at radius 2 is 2.04 bits per heavy atom. The van der Waals surface area contributed by atoms with Gasteiger partial charge in [0.2, 0.25) is 0 Å². The number of nitrogens with zero attached hydrogens (tertiary/aromatic N) is 1. The SMILES string of the molecule is CCNC(=NCCCOC1CCOCC1)NC1CCC(SC)C1.I. The lowest BCUT2D eigenvalue weighted by atomic mass is 10.1. The van der Waals surface area contributed by atoms with Gasteiger partial charge in [0.1, 0.15) is 0 Å². The standard InChI is InChI=1S/C17H33N3O2S.HI/c1-3-18-17(20-14-5-6-16(13-14)23-2)19-9-4-10-22-15-7-11-21-12-8-15;/h14-16H,3-13H2,1-2H3,(H2,18,19,20);1H. The molecule has 0 aromatic heterocycles. The molecular formula is C17H34IN3O2S. The number of aliphatic imine (C=N–C) groups is 1. The summed E-state index contributed by atoms with van der Waals surface area (Å²) >= 11 is 1.99. The molecule has 1 heterocycles. The van der Waals surface area contributed by atoms with Crippen molar-refractivity contribution in [1.82, 2.24) is 10.6 Å². The summed E-state index contributed by atoms with van der Waals surface area (Å²) in [5, 5.41) is 7.76. The second-order valence-electron chi connectivity index (χ2n) is 6.31. The Kier molecular flexibility index (Phi) is 12.5. The Bertz CT molecular complexity index is 355. The van der Waals surface area contributed by atoms with E-state index in [1.807, 2.05) is 11.8 Å². The predicted octanol–water partition coefficient (Wildman–Crippen LogP) is 3.03. The fourth-order valence-corrected chi connectivity index (χ4v) is 3.94. The first-order valence-electron chi connectivity index (χ1n) is 9.08. The minimum Gasteiger partial charge on any atom is -0.381 e. The molecule has 0 radical (unpaired) electrons. The molecule has 142 valence electrons. The molecule has 1 saturated heterocycles. The van der Waals surface area contributed by atoms with E-state index in [1.54, 1.807) is 0 Å². The van der Waals surface area contributed by atoms with Gasteiger partial charge in [-0.2, -0.15) is 11.8 Å². The van der Waals surface area contributed by atoms with Crippen molar-refractivity contribution in [3.8, 4) is 0 Å². The molecule has 0 aromatic rings. The third-order valence-corrected chi connectivity index (χ3v) is 5.59. The van der Waals surface area contributed by atoms with Crippen LogP contribution in [0.25, 0.3) is 0 Å². The molecule has 2 atom stereocenters. The van der Waals surface area contributed by atoms with Gasteiger partial charge in [0.15, 0.2) is 5.96 Å². The van der Waals surface area contributed by atoms with Crippen molar-refractivity contribution < 1.29 is 9.47 Å². The molecule has 24 heavy (non-hydrogen) atoms. The molecule has 0 aromatic carbocycles. The van der Waals surface area contributed by atoms with E-state index in [4.69, 9.17) is 14.5 Å². The van der Waals surface area contributed by atoms with E-state index in [1.165, 1.54) is 19.3 Å². The average molecular weight is 471 g/mol. The number of thioether (sulfide) groups is 1. The second kappa shape index (κ2) is 13.5. The quantitative estimate of drug-likeness (QED) is 0.247. The van der Waals surface area contributed by atoms with Gasteiger partial charge < -0.3 is 20.1 Å². The van der Waals surface area contributed by atoms with Crippen LogP contribution in [0.1, 0.15) is 45.4 Å². The average Bonchev–Trinajstić information content (AvgIpc) is 3.03. The maximum Gasteiger partial charge on any atom is 0.191 e. The van der Waals surface area contributed by atoms with Gasteiger partial charge in [-0.3, -0.25) is 4.99 Å². The normalized spacial score (nSPS) is 25.3. The summed E-state index contributed by atoms with van der Waals surface area (Å²) in [5.74, 6) is 0.963. The summed E-state index contributed by atoms with van der Waals surface area (Å²) in [5.41, 5.74) is 0. The van der Waals surface area contributed by atoms with E-state index in [-0.39, 0.29) is 24.0 Å². The van der Waals surface area contributed by atoms with Crippen LogP contribution in [0.5, 0.6) is 0 Å². The van der Waals surface area contributed by atoms with Crippen LogP contribution in [-0.4, -0.2) is 62.5 Å². The third-order valence-electron chi connectivity index (χ3n) is 4.50. The van der Waals surface area contributed by atoms with E-state index in [2.05, 4.69) is 23.8 Å². The fraction of sp³-hybridized carbons (Fsp3) is 0.941. The minimum atomic E-state index is 0. The van der Waals surface area contributed by atoms with Crippen LogP contribution in [0.2, 0.25) is 0 Å². The highest BCUT2D eigenvalue weighted by Crippen LogP contribution is 2.27. The van der Waals surface area contributed by atoms with Crippen LogP contribution in [-0.2, 0) is 9.47 Å². The van der Waals surface area contributed by atoms with E-state index in [9.17, 15) is 0 Å². The molecule has 7 heteroatoms. The van der Waals surface area contributed by atoms with Crippen molar-refractivity contribution in [2.45, 2.75) is 62.8 Å². The van der Waals surface area contributed by atoms with Gasteiger partial charge in [-0.05, 0) is 51.7 Å². The maximum absolute atomic E-state index is 5.89. The number of hydrogen-bond acceptors (Lipinski definition) is 4. The lowest BCUT2D eigenvalue weighted by Gasteiger charge is -2.22. The first-order valence-corrected chi connectivity index (χ1v) is 10.4. The Morgan fingerprint density at radius 3 is 2.71 bits per heavy atom. The van der Waals surface area contributed by atoms with Crippen LogP contribution in [0.4, 0.5) is 0 Å². The topological polar surface area (TPSA) is 54.9 Å². The molecule has 2 aliphatic rings. The molecule has 0 amide bonds. The molecule has 2 unspecified atom stereocenters. The number of rotatable bonds is 8. The summed E-state index contributed by atoms with van der Waals surface area (Å²) < 4.78 is 11.2. The molecule has 1 aliphatic heterocycles. The minimum absolute atomic E-state index is 0. The predicted molar refractivity (Wildman–Crippen MR) is 114 cm³/mol. The van der Waals surface area contributed by atoms with E-state index in [0.29, 0.717) is 12.1 Å². The van der Waals surface area contributed by atoms with Crippen LogP contribution in [0.15, 0.2) is 4.99 Å². The van der Waals surface area contributed by atoms with Crippen molar-refractivity contribution in [1.29, 1.82) is 0 Å². The number of ether oxygens (including phenoxy) is 2. The highest BCUT2D eigenvalue weighted by Gasteiger charge is 2.24. The van der Waals surface area contributed by atoms with Gasteiger partial charge in [-0.1, -0.05) is 0 Å². The van der Waals surface area contributed by atoms with E-state index in [0.717, 1.165) is 63.4 Å². The second-order valence-corrected chi connectivity index (χ2v) is 7.45. The molecule has 2 rings (SSSR count). The number of guanidine groups is 1. The van der Waals surface area contributed by atoms with Gasteiger partial charge in [0, 0.05) is 44.2 Å². The summed E-state index contributed by atoms with van der Waals surface area (Å²) in [6, 6.07) is 0.573. The smallest absolute Gasteiger partial charge is 0.191 e. The zero-order valence-electron chi connectivity index (χ0n) is 15.1. The van der Waals surface area contributed by atoms with Gasteiger partial charge in [0.05, 0.1) is 6.10 Å². The molecule has 2 N–H and O–H groups in total. The van der Waals surface area contributed by atoms with Gasteiger partial charge in [-0.15, -0.1) is 24.0 Å². The maximum atomic E-state index is 5.89. The van der Waals surface area contributed by atoms with Crippen LogP contribution >= 0.6 is 35.7 Å². The van der Waals surface area contributed by atoms with E-state index >= 15 is 0 Å². The third kappa shape index (κ3) is 8.58.